The number of ether oxygens (including phenoxy) is 4. The average molecular weight is 632 g/mol. The number of sulfonamides is 1. The van der Waals surface area contributed by atoms with Crippen molar-refractivity contribution in [3.8, 4) is 5.75 Å². The van der Waals surface area contributed by atoms with Gasteiger partial charge in [-0.2, -0.15) is 4.31 Å². The SMILES string of the molecule is COc1ccc(Br)c(CN([C@@H]2[C@H]3OC(C)(C)O[C@H]3O[C@@H]2CNCc2ccccc2)S(=O)(=O)c2ccc(C)cc2)c1. The van der Waals surface area contributed by atoms with Crippen LogP contribution >= 0.6 is 15.9 Å². The van der Waals surface area contributed by atoms with Crippen LogP contribution in [0.3, 0.4) is 0 Å². The lowest BCUT2D eigenvalue weighted by atomic mass is 10.1. The number of methoxy groups -OCH3 is 1. The molecule has 2 heterocycles. The zero-order valence-electron chi connectivity index (χ0n) is 23.0. The molecular formula is C30H35BrN2O6S. The highest BCUT2D eigenvalue weighted by Crippen LogP contribution is 2.42. The Hall–Kier alpha value is -2.31. The van der Waals surface area contributed by atoms with Gasteiger partial charge in [-0.15, -0.1) is 0 Å². The summed E-state index contributed by atoms with van der Waals surface area (Å²) < 4.78 is 55.3. The predicted molar refractivity (Wildman–Crippen MR) is 155 cm³/mol. The van der Waals surface area contributed by atoms with E-state index in [0.717, 1.165) is 21.2 Å². The van der Waals surface area contributed by atoms with Crippen molar-refractivity contribution in [2.45, 2.75) is 69.1 Å². The van der Waals surface area contributed by atoms with Gasteiger partial charge in [0.1, 0.15) is 11.9 Å². The second kappa shape index (κ2) is 11.9. The Labute approximate surface area is 244 Å². The summed E-state index contributed by atoms with van der Waals surface area (Å²) in [4.78, 5) is 0.203. The van der Waals surface area contributed by atoms with Crippen LogP contribution in [0.15, 0.2) is 82.2 Å². The zero-order valence-corrected chi connectivity index (χ0v) is 25.4. The first kappa shape index (κ1) is 29.2. The summed E-state index contributed by atoms with van der Waals surface area (Å²) in [6, 6.07) is 21.8. The highest BCUT2D eigenvalue weighted by Gasteiger charge is 2.58. The Morgan fingerprint density at radius 1 is 1.02 bits per heavy atom. The molecule has 10 heteroatoms. The molecule has 0 bridgehead atoms. The van der Waals surface area contributed by atoms with E-state index in [-0.39, 0.29) is 11.4 Å². The number of nitrogens with one attached hydrogen (secondary N) is 1. The lowest BCUT2D eigenvalue weighted by Crippen LogP contribution is -2.53. The highest BCUT2D eigenvalue weighted by molar-refractivity contribution is 9.10. The Morgan fingerprint density at radius 3 is 2.45 bits per heavy atom. The third-order valence-corrected chi connectivity index (χ3v) is 9.80. The second-order valence-electron chi connectivity index (χ2n) is 10.6. The van der Waals surface area contributed by atoms with E-state index in [1.807, 2.05) is 69.3 Å². The molecule has 0 aliphatic carbocycles. The van der Waals surface area contributed by atoms with E-state index in [9.17, 15) is 8.42 Å². The fourth-order valence-corrected chi connectivity index (χ4v) is 7.20. The number of nitrogens with zero attached hydrogens (tertiary/aromatic N) is 1. The summed E-state index contributed by atoms with van der Waals surface area (Å²) in [7, 11) is -2.41. The van der Waals surface area contributed by atoms with Crippen molar-refractivity contribution in [3.05, 3.63) is 94.0 Å². The van der Waals surface area contributed by atoms with E-state index in [4.69, 9.17) is 18.9 Å². The van der Waals surface area contributed by atoms with E-state index in [2.05, 4.69) is 21.2 Å². The molecular weight excluding hydrogens is 596 g/mol. The van der Waals surface area contributed by atoms with Gasteiger partial charge in [-0.3, -0.25) is 0 Å². The first-order chi connectivity index (χ1) is 19.1. The van der Waals surface area contributed by atoms with Gasteiger partial charge in [-0.1, -0.05) is 64.0 Å². The van der Waals surface area contributed by atoms with Crippen LogP contribution < -0.4 is 10.1 Å². The highest BCUT2D eigenvalue weighted by atomic mass is 79.9. The van der Waals surface area contributed by atoms with Crippen LogP contribution in [0, 0.1) is 6.92 Å². The smallest absolute Gasteiger partial charge is 0.243 e. The fraction of sp³-hybridized carbons (Fsp3) is 0.400. The van der Waals surface area contributed by atoms with Crippen LogP contribution in [0.25, 0.3) is 0 Å². The van der Waals surface area contributed by atoms with E-state index in [1.54, 1.807) is 31.4 Å². The summed E-state index contributed by atoms with van der Waals surface area (Å²) in [5, 5.41) is 3.44. The van der Waals surface area contributed by atoms with Crippen LogP contribution in [-0.2, 0) is 37.3 Å². The van der Waals surface area contributed by atoms with Crippen molar-refractivity contribution in [1.82, 2.24) is 9.62 Å². The average Bonchev–Trinajstić information content (AvgIpc) is 3.39. The lowest BCUT2D eigenvalue weighted by molar-refractivity contribution is -0.208. The van der Waals surface area contributed by atoms with Crippen molar-refractivity contribution in [3.63, 3.8) is 0 Å². The maximum absolute atomic E-state index is 14.4. The van der Waals surface area contributed by atoms with Gasteiger partial charge in [0, 0.05) is 24.1 Å². The topological polar surface area (TPSA) is 86.3 Å². The van der Waals surface area contributed by atoms with Crippen molar-refractivity contribution in [2.24, 2.45) is 0 Å². The molecule has 0 unspecified atom stereocenters. The number of halogens is 1. The van der Waals surface area contributed by atoms with Gasteiger partial charge in [0.05, 0.1) is 24.2 Å². The quantitative estimate of drug-likeness (QED) is 0.338. The first-order valence-electron chi connectivity index (χ1n) is 13.2. The number of aryl methyl sites for hydroxylation is 1. The minimum Gasteiger partial charge on any atom is -0.497 e. The molecule has 3 aromatic rings. The van der Waals surface area contributed by atoms with Gasteiger partial charge < -0.3 is 24.3 Å². The van der Waals surface area contributed by atoms with Crippen molar-refractivity contribution in [1.29, 1.82) is 0 Å². The summed E-state index contributed by atoms with van der Waals surface area (Å²) in [5.41, 5.74) is 2.85. The molecule has 2 aliphatic heterocycles. The largest absolute Gasteiger partial charge is 0.497 e. The molecule has 2 saturated heterocycles. The number of benzene rings is 3. The molecule has 1 N–H and O–H groups in total. The molecule has 0 saturated carbocycles. The van der Waals surface area contributed by atoms with Gasteiger partial charge in [-0.25, -0.2) is 8.42 Å². The van der Waals surface area contributed by atoms with Gasteiger partial charge in [0.25, 0.3) is 0 Å². The normalized spacial score (nSPS) is 23.9. The minimum atomic E-state index is -3.99. The molecule has 4 atom stereocenters. The molecule has 8 nitrogen and oxygen atoms in total. The molecule has 5 rings (SSSR count). The van der Waals surface area contributed by atoms with Crippen LogP contribution in [0.4, 0.5) is 0 Å². The van der Waals surface area contributed by atoms with Crippen molar-refractivity contribution < 1.29 is 27.4 Å². The van der Waals surface area contributed by atoms with Crippen LogP contribution in [0.5, 0.6) is 5.75 Å². The maximum atomic E-state index is 14.4. The fourth-order valence-electron chi connectivity index (χ4n) is 5.19. The molecule has 2 aliphatic rings. The van der Waals surface area contributed by atoms with Gasteiger partial charge >= 0.3 is 0 Å². The van der Waals surface area contributed by atoms with E-state index >= 15 is 0 Å². The zero-order chi connectivity index (χ0) is 28.5. The van der Waals surface area contributed by atoms with Gasteiger partial charge in [0.2, 0.25) is 10.0 Å². The van der Waals surface area contributed by atoms with E-state index in [1.165, 1.54) is 4.31 Å². The first-order valence-corrected chi connectivity index (χ1v) is 15.5. The molecule has 0 radical (unpaired) electrons. The molecule has 0 amide bonds. The number of hydrogen-bond acceptors (Lipinski definition) is 7. The Bertz CT molecular complexity index is 1420. The maximum Gasteiger partial charge on any atom is 0.243 e. The Kier molecular flexibility index (Phi) is 8.68. The predicted octanol–water partition coefficient (Wildman–Crippen LogP) is 4.99. The van der Waals surface area contributed by atoms with Crippen LogP contribution in [0.1, 0.15) is 30.5 Å². The Balaban J connectivity index is 1.53. The standard InChI is InChI=1S/C30H35BrN2O6S/c1-20-10-13-24(14-11-20)40(34,35)33(19-22-16-23(36-4)12-15-25(22)31)27-26(18-32-17-21-8-6-5-7-9-21)37-29-28(27)38-30(2,3)39-29/h5-16,26-29,32H,17-19H2,1-4H3/t26-,27+,28-,29-/m1/s1. The second-order valence-corrected chi connectivity index (χ2v) is 13.3. The van der Waals surface area contributed by atoms with Gasteiger partial charge in [-0.05, 0) is 62.2 Å². The molecule has 0 aromatic heterocycles. The van der Waals surface area contributed by atoms with E-state index < -0.39 is 40.4 Å². The monoisotopic (exact) mass is 630 g/mol. The summed E-state index contributed by atoms with van der Waals surface area (Å²) >= 11 is 3.61. The molecule has 0 spiro atoms. The van der Waals surface area contributed by atoms with E-state index in [0.29, 0.717) is 18.8 Å². The molecule has 40 heavy (non-hydrogen) atoms. The number of fused-ring (bicyclic) bond motifs is 1. The Morgan fingerprint density at radius 2 is 1.75 bits per heavy atom. The summed E-state index contributed by atoms with van der Waals surface area (Å²) in [6.45, 7) is 6.64. The van der Waals surface area contributed by atoms with Crippen LogP contribution in [0.2, 0.25) is 0 Å². The minimum absolute atomic E-state index is 0.0736. The third-order valence-electron chi connectivity index (χ3n) is 7.17. The summed E-state index contributed by atoms with van der Waals surface area (Å²) in [5.74, 6) is -0.277. The van der Waals surface area contributed by atoms with Crippen molar-refractivity contribution >= 4 is 26.0 Å². The molecule has 3 aromatic carbocycles. The van der Waals surface area contributed by atoms with Gasteiger partial charge in [0.15, 0.2) is 12.1 Å². The van der Waals surface area contributed by atoms with Crippen LogP contribution in [-0.4, -0.2) is 56.7 Å². The third kappa shape index (κ3) is 6.28. The molecule has 214 valence electrons. The number of rotatable bonds is 10. The summed E-state index contributed by atoms with van der Waals surface area (Å²) in [6.07, 6.45) is -1.85. The molecule has 2 fully saturated rings. The van der Waals surface area contributed by atoms with Crippen molar-refractivity contribution in [2.75, 3.05) is 13.7 Å². The lowest BCUT2D eigenvalue weighted by Gasteiger charge is -2.35. The number of hydrogen-bond donors (Lipinski definition) is 1.